The summed E-state index contributed by atoms with van der Waals surface area (Å²) in [7, 11) is 0. The number of nitrogens with zero attached hydrogens (tertiary/aromatic N) is 1. The Labute approximate surface area is 123 Å². The third kappa shape index (κ3) is 2.50. The molecule has 0 amide bonds. The van der Waals surface area contributed by atoms with Crippen molar-refractivity contribution in [2.45, 2.75) is 25.9 Å². The van der Waals surface area contributed by atoms with E-state index in [1.807, 2.05) is 18.0 Å². The molecule has 3 rings (SSSR count). The van der Waals surface area contributed by atoms with E-state index in [0.717, 1.165) is 40.1 Å². The number of aromatic nitrogens is 1. The van der Waals surface area contributed by atoms with E-state index >= 15 is 0 Å². The predicted molar refractivity (Wildman–Crippen MR) is 86.6 cm³/mol. The van der Waals surface area contributed by atoms with E-state index in [2.05, 4.69) is 42.3 Å². The lowest BCUT2D eigenvalue weighted by atomic mass is 10.0. The lowest BCUT2D eigenvalue weighted by Crippen LogP contribution is -2.36. The van der Waals surface area contributed by atoms with Crippen LogP contribution in [0.3, 0.4) is 0 Å². The van der Waals surface area contributed by atoms with Crippen molar-refractivity contribution in [2.75, 3.05) is 23.4 Å². The van der Waals surface area contributed by atoms with E-state index in [1.54, 1.807) is 0 Å². The maximum atomic E-state index is 10.5. The van der Waals surface area contributed by atoms with Gasteiger partial charge in [0, 0.05) is 29.6 Å². The molecule has 0 aliphatic carbocycles. The van der Waals surface area contributed by atoms with Crippen molar-refractivity contribution in [3.05, 3.63) is 35.5 Å². The second kappa shape index (κ2) is 5.26. The Bertz CT molecular complexity index is 636. The number of hydrogen-bond donors (Lipinski definition) is 2. The zero-order valence-corrected chi connectivity index (χ0v) is 12.8. The van der Waals surface area contributed by atoms with Crippen LogP contribution in [0.2, 0.25) is 0 Å². The normalized spacial score (nSPS) is 22.4. The number of thioether (sulfide) groups is 1. The maximum absolute atomic E-state index is 10.5. The summed E-state index contributed by atoms with van der Waals surface area (Å²) >= 11 is 1.82. The highest BCUT2D eigenvalue weighted by Gasteiger charge is 2.31. The standard InChI is InChI=1S/C16H20N2OS/c1-11-4-3-5-13-14(11)17-8-12(2)15(13)18-9-16(19)6-7-20-10-16/h3-5,8,19H,6-7,9-10H2,1-2H3,(H,17,18). The molecule has 0 saturated carbocycles. The van der Waals surface area contributed by atoms with Crippen molar-refractivity contribution in [1.29, 1.82) is 0 Å². The number of hydrogen-bond acceptors (Lipinski definition) is 4. The van der Waals surface area contributed by atoms with Gasteiger partial charge in [-0.3, -0.25) is 4.98 Å². The van der Waals surface area contributed by atoms with Gasteiger partial charge in [0.2, 0.25) is 0 Å². The molecule has 1 fully saturated rings. The zero-order chi connectivity index (χ0) is 14.2. The van der Waals surface area contributed by atoms with Crippen LogP contribution in [0.15, 0.2) is 24.4 Å². The van der Waals surface area contributed by atoms with E-state index in [4.69, 9.17) is 0 Å². The molecule has 0 radical (unpaired) electrons. The Kier molecular flexibility index (Phi) is 3.61. The van der Waals surface area contributed by atoms with Gasteiger partial charge in [-0.15, -0.1) is 0 Å². The van der Waals surface area contributed by atoms with Crippen LogP contribution in [0.5, 0.6) is 0 Å². The van der Waals surface area contributed by atoms with Gasteiger partial charge in [0.15, 0.2) is 0 Å². The molecule has 3 nitrogen and oxygen atoms in total. The van der Waals surface area contributed by atoms with Gasteiger partial charge in [0.05, 0.1) is 11.1 Å². The molecular formula is C16H20N2OS. The van der Waals surface area contributed by atoms with E-state index in [1.165, 1.54) is 5.56 Å². The summed E-state index contributed by atoms with van der Waals surface area (Å²) in [5.41, 5.74) is 3.87. The fraction of sp³-hybridized carbons (Fsp3) is 0.438. The number of rotatable bonds is 3. The maximum Gasteiger partial charge on any atom is 0.0916 e. The second-order valence-electron chi connectivity index (χ2n) is 5.67. The molecule has 1 aromatic carbocycles. The van der Waals surface area contributed by atoms with Gasteiger partial charge in [-0.1, -0.05) is 18.2 Å². The van der Waals surface area contributed by atoms with Crippen LogP contribution in [0.1, 0.15) is 17.5 Å². The molecule has 106 valence electrons. The van der Waals surface area contributed by atoms with Crippen molar-refractivity contribution in [2.24, 2.45) is 0 Å². The quantitative estimate of drug-likeness (QED) is 0.911. The number of anilines is 1. The summed E-state index contributed by atoms with van der Waals surface area (Å²) in [6, 6.07) is 6.23. The molecule has 1 atom stereocenters. The summed E-state index contributed by atoms with van der Waals surface area (Å²) in [5, 5.41) is 15.1. The predicted octanol–water partition coefficient (Wildman–Crippen LogP) is 3.13. The first-order valence-corrected chi connectivity index (χ1v) is 8.13. The SMILES string of the molecule is Cc1cnc2c(C)cccc2c1NCC1(O)CCSC1. The lowest BCUT2D eigenvalue weighted by molar-refractivity contribution is 0.0820. The molecule has 4 heteroatoms. The average Bonchev–Trinajstić information content (AvgIpc) is 2.85. The summed E-state index contributed by atoms with van der Waals surface area (Å²) in [6.45, 7) is 4.74. The molecule has 20 heavy (non-hydrogen) atoms. The van der Waals surface area contributed by atoms with Crippen molar-refractivity contribution < 1.29 is 5.11 Å². The number of para-hydroxylation sites is 1. The molecule has 1 saturated heterocycles. The minimum absolute atomic E-state index is 0.573. The van der Waals surface area contributed by atoms with Gasteiger partial charge in [-0.05, 0) is 37.1 Å². The third-order valence-corrected chi connectivity index (χ3v) is 5.20. The summed E-state index contributed by atoms with van der Waals surface area (Å²) in [5.74, 6) is 1.87. The highest BCUT2D eigenvalue weighted by molar-refractivity contribution is 7.99. The van der Waals surface area contributed by atoms with E-state index in [9.17, 15) is 5.11 Å². The highest BCUT2D eigenvalue weighted by atomic mass is 32.2. The topological polar surface area (TPSA) is 45.2 Å². The monoisotopic (exact) mass is 288 g/mol. The van der Waals surface area contributed by atoms with Crippen molar-refractivity contribution in [3.8, 4) is 0 Å². The number of aliphatic hydroxyl groups is 1. The van der Waals surface area contributed by atoms with Gasteiger partial charge < -0.3 is 10.4 Å². The molecular weight excluding hydrogens is 268 g/mol. The molecule has 2 heterocycles. The largest absolute Gasteiger partial charge is 0.387 e. The number of fused-ring (bicyclic) bond motifs is 1. The van der Waals surface area contributed by atoms with Crippen LogP contribution in [0.25, 0.3) is 10.9 Å². The number of pyridine rings is 1. The van der Waals surface area contributed by atoms with Crippen LogP contribution in [-0.2, 0) is 0 Å². The second-order valence-corrected chi connectivity index (χ2v) is 6.77. The van der Waals surface area contributed by atoms with Crippen molar-refractivity contribution >= 4 is 28.4 Å². The van der Waals surface area contributed by atoms with Crippen LogP contribution >= 0.6 is 11.8 Å². The first-order chi connectivity index (χ1) is 9.59. The molecule has 0 bridgehead atoms. The highest BCUT2D eigenvalue weighted by Crippen LogP contribution is 2.31. The summed E-state index contributed by atoms with van der Waals surface area (Å²) < 4.78 is 0. The first-order valence-electron chi connectivity index (χ1n) is 6.98. The van der Waals surface area contributed by atoms with Gasteiger partial charge in [-0.25, -0.2) is 0 Å². The smallest absolute Gasteiger partial charge is 0.0916 e. The molecule has 2 N–H and O–H groups in total. The Hall–Kier alpha value is -1.26. The van der Waals surface area contributed by atoms with Crippen molar-refractivity contribution in [1.82, 2.24) is 4.98 Å². The minimum atomic E-state index is -0.573. The Morgan fingerprint density at radius 2 is 2.20 bits per heavy atom. The van der Waals surface area contributed by atoms with E-state index in [-0.39, 0.29) is 0 Å². The Morgan fingerprint density at radius 1 is 1.35 bits per heavy atom. The van der Waals surface area contributed by atoms with E-state index < -0.39 is 5.60 Å². The number of nitrogens with one attached hydrogen (secondary N) is 1. The Morgan fingerprint density at radius 3 is 2.95 bits per heavy atom. The van der Waals surface area contributed by atoms with E-state index in [0.29, 0.717) is 6.54 Å². The molecule has 1 aliphatic heterocycles. The summed E-state index contributed by atoms with van der Waals surface area (Å²) in [4.78, 5) is 4.53. The zero-order valence-electron chi connectivity index (χ0n) is 11.9. The van der Waals surface area contributed by atoms with Gasteiger partial charge in [-0.2, -0.15) is 11.8 Å². The van der Waals surface area contributed by atoms with Gasteiger partial charge in [0.1, 0.15) is 0 Å². The fourth-order valence-corrected chi connectivity index (χ4v) is 3.99. The van der Waals surface area contributed by atoms with Crippen LogP contribution in [0.4, 0.5) is 5.69 Å². The first kappa shape index (κ1) is 13.7. The van der Waals surface area contributed by atoms with Crippen LogP contribution in [0, 0.1) is 13.8 Å². The fourth-order valence-electron chi connectivity index (χ4n) is 2.69. The minimum Gasteiger partial charge on any atom is -0.387 e. The number of aryl methyl sites for hydroxylation is 2. The van der Waals surface area contributed by atoms with Crippen LogP contribution < -0.4 is 5.32 Å². The summed E-state index contributed by atoms with van der Waals surface area (Å²) in [6.07, 6.45) is 2.77. The average molecular weight is 288 g/mol. The lowest BCUT2D eigenvalue weighted by Gasteiger charge is -2.23. The Balaban J connectivity index is 1.94. The van der Waals surface area contributed by atoms with Gasteiger partial charge >= 0.3 is 0 Å². The molecule has 2 aromatic rings. The van der Waals surface area contributed by atoms with Gasteiger partial charge in [0.25, 0.3) is 0 Å². The molecule has 1 aromatic heterocycles. The molecule has 1 unspecified atom stereocenters. The van der Waals surface area contributed by atoms with Crippen molar-refractivity contribution in [3.63, 3.8) is 0 Å². The molecule has 1 aliphatic rings. The third-order valence-electron chi connectivity index (χ3n) is 3.97. The van der Waals surface area contributed by atoms with Crippen LogP contribution in [-0.4, -0.2) is 33.7 Å². The number of benzene rings is 1. The molecule has 0 spiro atoms.